The van der Waals surface area contributed by atoms with Crippen molar-refractivity contribution in [3.8, 4) is 0 Å². The summed E-state index contributed by atoms with van der Waals surface area (Å²) in [4.78, 5) is 0. The maximum absolute atomic E-state index is 5.50. The molecule has 0 saturated carbocycles. The van der Waals surface area contributed by atoms with E-state index in [0.29, 0.717) is 0 Å². The Morgan fingerprint density at radius 3 is 2.67 bits per heavy atom. The van der Waals surface area contributed by atoms with E-state index in [9.17, 15) is 0 Å². The zero-order chi connectivity index (χ0) is 13.0. The first-order chi connectivity index (χ1) is 8.72. The molecule has 0 N–H and O–H groups in total. The van der Waals surface area contributed by atoms with E-state index in [2.05, 4.69) is 25.3 Å². The van der Waals surface area contributed by atoms with Crippen LogP contribution in [-0.4, -0.2) is 0 Å². The summed E-state index contributed by atoms with van der Waals surface area (Å²) >= 11 is 0. The fourth-order valence-corrected chi connectivity index (χ4v) is 2.10. The lowest BCUT2D eigenvalue weighted by atomic mass is 9.97. The first-order valence-corrected chi connectivity index (χ1v) is 6.12. The number of rotatable bonds is 5. The molecule has 0 aliphatic rings. The molecular weight excluding hydrogens is 220 g/mol. The standard InChI is InChI=1S/C17H18O/c1-4-8-17-14(3)18-12-16(17)11-13(2)15-9-6-5-7-10-15/h4-7,9-10,12H,1-2,8,11H2,3H3. The SMILES string of the molecule is C=CCc1c(CC(=C)c2ccccc2)coc1C. The minimum absolute atomic E-state index is 0.824. The highest BCUT2D eigenvalue weighted by Gasteiger charge is 2.10. The van der Waals surface area contributed by atoms with Gasteiger partial charge in [-0.2, -0.15) is 0 Å². The smallest absolute Gasteiger partial charge is 0.104 e. The molecule has 1 aromatic heterocycles. The summed E-state index contributed by atoms with van der Waals surface area (Å²) in [5.41, 5.74) is 4.74. The quantitative estimate of drug-likeness (QED) is 0.695. The molecule has 0 aliphatic carbocycles. The van der Waals surface area contributed by atoms with E-state index in [1.807, 2.05) is 37.5 Å². The van der Waals surface area contributed by atoms with Crippen LogP contribution in [-0.2, 0) is 12.8 Å². The fraction of sp³-hybridized carbons (Fsp3) is 0.176. The van der Waals surface area contributed by atoms with Gasteiger partial charge in [-0.05, 0) is 30.0 Å². The van der Waals surface area contributed by atoms with Crippen molar-refractivity contribution in [2.75, 3.05) is 0 Å². The number of hydrogen-bond acceptors (Lipinski definition) is 1. The average molecular weight is 238 g/mol. The molecule has 92 valence electrons. The lowest BCUT2D eigenvalue weighted by molar-refractivity contribution is 0.529. The number of allylic oxidation sites excluding steroid dienone is 2. The van der Waals surface area contributed by atoms with Crippen molar-refractivity contribution in [2.24, 2.45) is 0 Å². The fourth-order valence-electron chi connectivity index (χ4n) is 2.10. The maximum Gasteiger partial charge on any atom is 0.104 e. The van der Waals surface area contributed by atoms with Gasteiger partial charge in [0.15, 0.2) is 0 Å². The van der Waals surface area contributed by atoms with Crippen LogP contribution in [0.25, 0.3) is 5.57 Å². The highest BCUT2D eigenvalue weighted by molar-refractivity contribution is 5.66. The van der Waals surface area contributed by atoms with Crippen LogP contribution in [0.1, 0.15) is 22.5 Å². The third kappa shape index (κ3) is 2.62. The molecule has 2 aromatic rings. The van der Waals surface area contributed by atoms with Crippen molar-refractivity contribution in [2.45, 2.75) is 19.8 Å². The largest absolute Gasteiger partial charge is 0.469 e. The Bertz CT molecular complexity index is 546. The van der Waals surface area contributed by atoms with E-state index in [1.54, 1.807) is 0 Å². The predicted molar refractivity (Wildman–Crippen MR) is 76.5 cm³/mol. The Morgan fingerprint density at radius 2 is 2.00 bits per heavy atom. The van der Waals surface area contributed by atoms with E-state index < -0.39 is 0 Å². The molecule has 0 unspecified atom stereocenters. The van der Waals surface area contributed by atoms with Crippen LogP contribution in [0.15, 0.2) is 60.2 Å². The highest BCUT2D eigenvalue weighted by Crippen LogP contribution is 2.24. The second-order valence-corrected chi connectivity index (χ2v) is 4.43. The Hall–Kier alpha value is -2.02. The molecule has 1 heteroatoms. The lowest BCUT2D eigenvalue weighted by Crippen LogP contribution is -1.93. The minimum atomic E-state index is 0.824. The van der Waals surface area contributed by atoms with Crippen LogP contribution < -0.4 is 0 Å². The van der Waals surface area contributed by atoms with Gasteiger partial charge < -0.3 is 4.42 Å². The van der Waals surface area contributed by atoms with Gasteiger partial charge in [0, 0.05) is 12.0 Å². The van der Waals surface area contributed by atoms with Crippen LogP contribution in [0, 0.1) is 6.92 Å². The van der Waals surface area contributed by atoms with Crippen molar-refractivity contribution >= 4 is 5.57 Å². The molecule has 0 amide bonds. The Labute approximate surface area is 108 Å². The first kappa shape index (κ1) is 12.4. The van der Waals surface area contributed by atoms with Crippen molar-refractivity contribution in [1.82, 2.24) is 0 Å². The van der Waals surface area contributed by atoms with Gasteiger partial charge in [0.05, 0.1) is 6.26 Å². The Morgan fingerprint density at radius 1 is 1.28 bits per heavy atom. The number of aryl methyl sites for hydroxylation is 1. The van der Waals surface area contributed by atoms with Gasteiger partial charge >= 0.3 is 0 Å². The summed E-state index contributed by atoms with van der Waals surface area (Å²) in [6.45, 7) is 9.95. The summed E-state index contributed by atoms with van der Waals surface area (Å²) in [6, 6.07) is 10.3. The van der Waals surface area contributed by atoms with Crippen molar-refractivity contribution < 1.29 is 4.42 Å². The van der Waals surface area contributed by atoms with Gasteiger partial charge in [-0.25, -0.2) is 0 Å². The van der Waals surface area contributed by atoms with Gasteiger partial charge in [0.1, 0.15) is 5.76 Å². The van der Waals surface area contributed by atoms with Crippen LogP contribution >= 0.6 is 0 Å². The van der Waals surface area contributed by atoms with Crippen molar-refractivity contribution in [3.63, 3.8) is 0 Å². The topological polar surface area (TPSA) is 13.1 Å². The second kappa shape index (κ2) is 5.54. The first-order valence-electron chi connectivity index (χ1n) is 6.12. The van der Waals surface area contributed by atoms with Crippen molar-refractivity contribution in [1.29, 1.82) is 0 Å². The molecule has 0 bridgehead atoms. The van der Waals surface area contributed by atoms with E-state index in [0.717, 1.165) is 24.2 Å². The molecule has 1 aromatic carbocycles. The Kier molecular flexibility index (Phi) is 3.83. The molecule has 1 nitrogen and oxygen atoms in total. The normalized spacial score (nSPS) is 10.3. The van der Waals surface area contributed by atoms with Crippen LogP contribution in [0.4, 0.5) is 0 Å². The number of benzene rings is 1. The summed E-state index contributed by atoms with van der Waals surface area (Å²) in [7, 11) is 0. The van der Waals surface area contributed by atoms with Gasteiger partial charge in [-0.1, -0.05) is 43.0 Å². The Balaban J connectivity index is 2.19. The summed E-state index contributed by atoms with van der Waals surface area (Å²) in [5.74, 6) is 0.978. The number of hydrogen-bond donors (Lipinski definition) is 0. The summed E-state index contributed by atoms with van der Waals surface area (Å²) in [5, 5.41) is 0. The zero-order valence-electron chi connectivity index (χ0n) is 10.8. The van der Waals surface area contributed by atoms with Gasteiger partial charge in [-0.3, -0.25) is 0 Å². The molecule has 0 fully saturated rings. The second-order valence-electron chi connectivity index (χ2n) is 4.43. The van der Waals surface area contributed by atoms with Gasteiger partial charge in [0.25, 0.3) is 0 Å². The molecule has 0 radical (unpaired) electrons. The van der Waals surface area contributed by atoms with E-state index in [-0.39, 0.29) is 0 Å². The molecule has 18 heavy (non-hydrogen) atoms. The average Bonchev–Trinajstić information content (AvgIpc) is 2.73. The minimum Gasteiger partial charge on any atom is -0.469 e. The number of furan rings is 1. The molecule has 2 rings (SSSR count). The molecule has 0 saturated heterocycles. The third-order valence-electron chi connectivity index (χ3n) is 3.12. The highest BCUT2D eigenvalue weighted by atomic mass is 16.3. The van der Waals surface area contributed by atoms with Crippen LogP contribution in [0.5, 0.6) is 0 Å². The zero-order valence-corrected chi connectivity index (χ0v) is 10.8. The van der Waals surface area contributed by atoms with Gasteiger partial charge in [-0.15, -0.1) is 6.58 Å². The molecule has 0 atom stereocenters. The summed E-state index contributed by atoms with van der Waals surface area (Å²) in [6.07, 6.45) is 5.42. The monoisotopic (exact) mass is 238 g/mol. The van der Waals surface area contributed by atoms with Crippen LogP contribution in [0.3, 0.4) is 0 Å². The van der Waals surface area contributed by atoms with Crippen molar-refractivity contribution in [3.05, 3.63) is 78.3 Å². The molecule has 0 spiro atoms. The van der Waals surface area contributed by atoms with E-state index in [4.69, 9.17) is 4.42 Å². The molecule has 0 aliphatic heterocycles. The molecule has 1 heterocycles. The van der Waals surface area contributed by atoms with Gasteiger partial charge in [0.2, 0.25) is 0 Å². The third-order valence-corrected chi connectivity index (χ3v) is 3.12. The van der Waals surface area contributed by atoms with E-state index >= 15 is 0 Å². The molecular formula is C17H18O. The summed E-state index contributed by atoms with van der Waals surface area (Å²) < 4.78 is 5.50. The maximum atomic E-state index is 5.50. The lowest BCUT2D eigenvalue weighted by Gasteiger charge is -2.06. The van der Waals surface area contributed by atoms with Crippen LogP contribution in [0.2, 0.25) is 0 Å². The van der Waals surface area contributed by atoms with E-state index in [1.165, 1.54) is 16.7 Å². The predicted octanol–water partition coefficient (Wildman–Crippen LogP) is 4.57.